The summed E-state index contributed by atoms with van der Waals surface area (Å²) in [6.07, 6.45) is 9.29. The van der Waals surface area contributed by atoms with Crippen LogP contribution in [0, 0.1) is 0 Å². The first-order chi connectivity index (χ1) is 10.8. The molecule has 122 valence electrons. The molecule has 1 saturated heterocycles. The first kappa shape index (κ1) is 15.5. The second-order valence-corrected chi connectivity index (χ2v) is 6.32. The summed E-state index contributed by atoms with van der Waals surface area (Å²) in [5.74, 6) is 0.196. The molecular weight excluding hydrogens is 280 g/mol. The molecule has 1 amide bonds. The van der Waals surface area contributed by atoms with Crippen molar-refractivity contribution in [3.05, 3.63) is 18.5 Å². The van der Waals surface area contributed by atoms with E-state index in [4.69, 9.17) is 4.74 Å². The van der Waals surface area contributed by atoms with E-state index in [0.29, 0.717) is 12.5 Å². The largest absolute Gasteiger partial charge is 0.374 e. The lowest BCUT2D eigenvalue weighted by atomic mass is 10.2. The van der Waals surface area contributed by atoms with E-state index in [1.54, 1.807) is 6.20 Å². The standard InChI is InChI=1S/C16H26N4O2/c21-16(18-14-4-1-2-5-14)6-9-19-10-11-22-15(12-19)13-20-8-3-7-17-20/h3,7-8,14-15H,1-2,4-6,9-13H2,(H,18,21)/t15-/m1/s1. The summed E-state index contributed by atoms with van der Waals surface area (Å²) in [4.78, 5) is 14.3. The van der Waals surface area contributed by atoms with Crippen LogP contribution in [0.4, 0.5) is 0 Å². The number of aromatic nitrogens is 2. The molecule has 1 N–H and O–H groups in total. The fourth-order valence-corrected chi connectivity index (χ4v) is 3.34. The van der Waals surface area contributed by atoms with E-state index < -0.39 is 0 Å². The molecule has 0 unspecified atom stereocenters. The lowest BCUT2D eigenvalue weighted by Crippen LogP contribution is -2.45. The van der Waals surface area contributed by atoms with Gasteiger partial charge >= 0.3 is 0 Å². The maximum Gasteiger partial charge on any atom is 0.221 e. The van der Waals surface area contributed by atoms with E-state index in [9.17, 15) is 4.79 Å². The zero-order valence-corrected chi connectivity index (χ0v) is 13.1. The minimum absolute atomic E-state index is 0.159. The molecular formula is C16H26N4O2. The average Bonchev–Trinajstić information content (AvgIpc) is 3.19. The fraction of sp³-hybridized carbons (Fsp3) is 0.750. The maximum absolute atomic E-state index is 12.0. The first-order valence-corrected chi connectivity index (χ1v) is 8.40. The summed E-state index contributed by atoms with van der Waals surface area (Å²) < 4.78 is 7.70. The number of carbonyl (C=O) groups excluding carboxylic acids is 1. The average molecular weight is 306 g/mol. The Morgan fingerprint density at radius 1 is 1.36 bits per heavy atom. The molecule has 6 nitrogen and oxygen atoms in total. The molecule has 2 heterocycles. The molecule has 2 fully saturated rings. The lowest BCUT2D eigenvalue weighted by molar-refractivity contribution is -0.122. The van der Waals surface area contributed by atoms with Gasteiger partial charge in [0.1, 0.15) is 0 Å². The van der Waals surface area contributed by atoms with Gasteiger partial charge in [-0.2, -0.15) is 5.10 Å². The van der Waals surface area contributed by atoms with Crippen molar-refractivity contribution in [2.45, 2.75) is 50.8 Å². The number of carbonyl (C=O) groups is 1. The molecule has 1 aliphatic heterocycles. The number of hydrogen-bond donors (Lipinski definition) is 1. The first-order valence-electron chi connectivity index (χ1n) is 8.40. The number of morpholine rings is 1. The van der Waals surface area contributed by atoms with Crippen LogP contribution in [0.25, 0.3) is 0 Å². The molecule has 1 atom stereocenters. The molecule has 0 bridgehead atoms. The van der Waals surface area contributed by atoms with Gasteiger partial charge in [0.15, 0.2) is 0 Å². The van der Waals surface area contributed by atoms with Gasteiger partial charge in [-0.3, -0.25) is 14.4 Å². The van der Waals surface area contributed by atoms with Crippen molar-refractivity contribution < 1.29 is 9.53 Å². The third-order valence-electron chi connectivity index (χ3n) is 4.55. The summed E-state index contributed by atoms with van der Waals surface area (Å²) in [6, 6.07) is 2.35. The van der Waals surface area contributed by atoms with E-state index in [0.717, 1.165) is 45.6 Å². The Morgan fingerprint density at radius 2 is 2.23 bits per heavy atom. The number of nitrogens with one attached hydrogen (secondary N) is 1. The summed E-state index contributed by atoms with van der Waals surface area (Å²) >= 11 is 0. The molecule has 1 aromatic heterocycles. The molecule has 3 rings (SSSR count). The SMILES string of the molecule is O=C(CCN1CCO[C@@H](Cn2cccn2)C1)NC1CCCC1. The quantitative estimate of drug-likeness (QED) is 0.853. The number of ether oxygens (including phenoxy) is 1. The van der Waals surface area contributed by atoms with Gasteiger partial charge in [0.05, 0.1) is 19.3 Å². The Labute approximate surface area is 131 Å². The summed E-state index contributed by atoms with van der Waals surface area (Å²) in [6.45, 7) is 4.11. The van der Waals surface area contributed by atoms with Crippen LogP contribution >= 0.6 is 0 Å². The molecule has 6 heteroatoms. The van der Waals surface area contributed by atoms with E-state index in [1.807, 2.05) is 16.9 Å². The van der Waals surface area contributed by atoms with E-state index in [1.165, 1.54) is 12.8 Å². The van der Waals surface area contributed by atoms with Crippen molar-refractivity contribution in [1.82, 2.24) is 20.0 Å². The van der Waals surface area contributed by atoms with Crippen molar-refractivity contribution in [1.29, 1.82) is 0 Å². The van der Waals surface area contributed by atoms with Gasteiger partial charge in [-0.1, -0.05) is 12.8 Å². The monoisotopic (exact) mass is 306 g/mol. The van der Waals surface area contributed by atoms with Gasteiger partial charge < -0.3 is 10.1 Å². The number of amides is 1. The van der Waals surface area contributed by atoms with Gasteiger partial charge in [-0.15, -0.1) is 0 Å². The summed E-state index contributed by atoms with van der Waals surface area (Å²) in [7, 11) is 0. The van der Waals surface area contributed by atoms with Crippen LogP contribution in [0.3, 0.4) is 0 Å². The van der Waals surface area contributed by atoms with Crippen LogP contribution in [-0.2, 0) is 16.1 Å². The highest BCUT2D eigenvalue weighted by Gasteiger charge is 2.22. The summed E-state index contributed by atoms with van der Waals surface area (Å²) in [5, 5.41) is 7.38. The van der Waals surface area contributed by atoms with E-state index in [2.05, 4.69) is 15.3 Å². The van der Waals surface area contributed by atoms with E-state index in [-0.39, 0.29) is 12.0 Å². The number of nitrogens with zero attached hydrogens (tertiary/aromatic N) is 3. The zero-order chi connectivity index (χ0) is 15.2. The smallest absolute Gasteiger partial charge is 0.221 e. The maximum atomic E-state index is 12.0. The predicted octanol–water partition coefficient (Wildman–Crippen LogP) is 1.03. The van der Waals surface area contributed by atoms with Gasteiger partial charge in [-0.25, -0.2) is 0 Å². The Kier molecular flexibility index (Phi) is 5.45. The second kappa shape index (κ2) is 7.74. The fourth-order valence-electron chi connectivity index (χ4n) is 3.34. The van der Waals surface area contributed by atoms with Crippen LogP contribution in [0.2, 0.25) is 0 Å². The molecule has 0 radical (unpaired) electrons. The molecule has 0 spiro atoms. The zero-order valence-electron chi connectivity index (χ0n) is 13.1. The van der Waals surface area contributed by atoms with Crippen molar-refractivity contribution >= 4 is 5.91 Å². The van der Waals surface area contributed by atoms with Gasteiger partial charge in [0.25, 0.3) is 0 Å². The van der Waals surface area contributed by atoms with Crippen LogP contribution in [0.15, 0.2) is 18.5 Å². The highest BCUT2D eigenvalue weighted by molar-refractivity contribution is 5.76. The van der Waals surface area contributed by atoms with Crippen molar-refractivity contribution in [3.8, 4) is 0 Å². The molecule has 22 heavy (non-hydrogen) atoms. The molecule has 1 aromatic rings. The highest BCUT2D eigenvalue weighted by atomic mass is 16.5. The minimum atomic E-state index is 0.159. The topological polar surface area (TPSA) is 59.4 Å². The van der Waals surface area contributed by atoms with Gasteiger partial charge in [0, 0.05) is 44.5 Å². The van der Waals surface area contributed by atoms with Gasteiger partial charge in [-0.05, 0) is 18.9 Å². The van der Waals surface area contributed by atoms with Crippen LogP contribution in [-0.4, -0.2) is 59.0 Å². The number of hydrogen-bond acceptors (Lipinski definition) is 4. The van der Waals surface area contributed by atoms with Crippen molar-refractivity contribution in [2.24, 2.45) is 0 Å². The molecule has 1 aliphatic carbocycles. The predicted molar refractivity (Wildman–Crippen MR) is 83.4 cm³/mol. The van der Waals surface area contributed by atoms with Crippen LogP contribution < -0.4 is 5.32 Å². The third kappa shape index (κ3) is 4.55. The van der Waals surface area contributed by atoms with Crippen LogP contribution in [0.5, 0.6) is 0 Å². The lowest BCUT2D eigenvalue weighted by Gasteiger charge is -2.32. The Balaban J connectivity index is 1.37. The Morgan fingerprint density at radius 3 is 3.00 bits per heavy atom. The van der Waals surface area contributed by atoms with Gasteiger partial charge in [0.2, 0.25) is 5.91 Å². The van der Waals surface area contributed by atoms with E-state index >= 15 is 0 Å². The number of rotatable bonds is 6. The summed E-state index contributed by atoms with van der Waals surface area (Å²) in [5.41, 5.74) is 0. The molecule has 0 aromatic carbocycles. The normalized spacial score (nSPS) is 23.7. The molecule has 2 aliphatic rings. The highest BCUT2D eigenvalue weighted by Crippen LogP contribution is 2.17. The van der Waals surface area contributed by atoms with Crippen molar-refractivity contribution in [2.75, 3.05) is 26.2 Å². The minimum Gasteiger partial charge on any atom is -0.374 e. The van der Waals surface area contributed by atoms with Crippen LogP contribution in [0.1, 0.15) is 32.1 Å². The van der Waals surface area contributed by atoms with Crippen molar-refractivity contribution in [3.63, 3.8) is 0 Å². The Bertz CT molecular complexity index is 457. The third-order valence-corrected chi connectivity index (χ3v) is 4.55. The second-order valence-electron chi connectivity index (χ2n) is 6.32. The molecule has 1 saturated carbocycles. The Hall–Kier alpha value is -1.40.